The summed E-state index contributed by atoms with van der Waals surface area (Å²) in [6.45, 7) is 4.65. The lowest BCUT2D eigenvalue weighted by atomic mass is 10.2. The number of alkyl halides is 1. The smallest absolute Gasteiger partial charge is 0.128 e. The van der Waals surface area contributed by atoms with Crippen LogP contribution in [0.3, 0.4) is 0 Å². The van der Waals surface area contributed by atoms with Gasteiger partial charge in [-0.15, -0.1) is 11.6 Å². The summed E-state index contributed by atoms with van der Waals surface area (Å²) in [5.41, 5.74) is 4.19. The average Bonchev–Trinajstić information content (AvgIpc) is 2.80. The molecule has 0 bridgehead atoms. The zero-order valence-corrected chi connectivity index (χ0v) is 14.2. The third kappa shape index (κ3) is 2.97. The molecule has 1 aromatic carbocycles. The highest BCUT2D eigenvalue weighted by Gasteiger charge is 2.15. The minimum absolute atomic E-state index is 0.144. The molecule has 5 heteroatoms. The average molecular weight is 365 g/mol. The molecule has 0 saturated heterocycles. The van der Waals surface area contributed by atoms with Crippen molar-refractivity contribution in [3.8, 4) is 0 Å². The Labute approximate surface area is 137 Å². The van der Waals surface area contributed by atoms with Gasteiger partial charge in [0.1, 0.15) is 5.82 Å². The standard InChI is InChI=1S/C16H15BrClN3/c1-10-3-4-12(8-19-10)9-21-15-7-13(17)5-6-14(15)20-16(21)11(2)18/h3-8,11H,9H2,1-2H3. The Bertz CT molecular complexity index is 778. The minimum Gasteiger partial charge on any atom is -0.322 e. The van der Waals surface area contributed by atoms with Crippen LogP contribution >= 0.6 is 27.5 Å². The summed E-state index contributed by atoms with van der Waals surface area (Å²) in [6, 6.07) is 10.2. The predicted molar refractivity (Wildman–Crippen MR) is 89.8 cm³/mol. The molecule has 0 aliphatic carbocycles. The molecule has 0 aliphatic rings. The van der Waals surface area contributed by atoms with Crippen molar-refractivity contribution in [2.24, 2.45) is 0 Å². The third-order valence-electron chi connectivity index (χ3n) is 3.41. The molecule has 0 amide bonds. The van der Waals surface area contributed by atoms with Gasteiger partial charge < -0.3 is 4.57 Å². The summed E-state index contributed by atoms with van der Waals surface area (Å²) in [7, 11) is 0. The maximum atomic E-state index is 6.30. The van der Waals surface area contributed by atoms with Crippen molar-refractivity contribution in [1.29, 1.82) is 0 Å². The van der Waals surface area contributed by atoms with Gasteiger partial charge in [0.25, 0.3) is 0 Å². The van der Waals surface area contributed by atoms with E-state index in [9.17, 15) is 0 Å². The van der Waals surface area contributed by atoms with Crippen molar-refractivity contribution < 1.29 is 0 Å². The van der Waals surface area contributed by atoms with Crippen molar-refractivity contribution in [2.45, 2.75) is 25.8 Å². The topological polar surface area (TPSA) is 30.7 Å². The number of hydrogen-bond donors (Lipinski definition) is 0. The lowest BCUT2D eigenvalue weighted by Gasteiger charge is -2.11. The molecule has 0 spiro atoms. The number of aryl methyl sites for hydroxylation is 1. The number of benzene rings is 1. The fourth-order valence-corrected chi connectivity index (χ4v) is 2.87. The molecule has 21 heavy (non-hydrogen) atoms. The van der Waals surface area contributed by atoms with E-state index in [0.717, 1.165) is 32.6 Å². The van der Waals surface area contributed by atoms with Crippen LogP contribution in [-0.4, -0.2) is 14.5 Å². The van der Waals surface area contributed by atoms with E-state index in [2.05, 4.69) is 42.6 Å². The molecule has 1 unspecified atom stereocenters. The largest absolute Gasteiger partial charge is 0.322 e. The second-order valence-corrected chi connectivity index (χ2v) is 6.68. The van der Waals surface area contributed by atoms with E-state index in [1.54, 1.807) is 0 Å². The van der Waals surface area contributed by atoms with Gasteiger partial charge in [-0.25, -0.2) is 4.98 Å². The van der Waals surface area contributed by atoms with Crippen LogP contribution in [0.2, 0.25) is 0 Å². The van der Waals surface area contributed by atoms with E-state index >= 15 is 0 Å². The number of hydrogen-bond acceptors (Lipinski definition) is 2. The van der Waals surface area contributed by atoms with Gasteiger partial charge in [0, 0.05) is 16.4 Å². The zero-order chi connectivity index (χ0) is 15.0. The van der Waals surface area contributed by atoms with Gasteiger partial charge in [-0.3, -0.25) is 4.98 Å². The number of fused-ring (bicyclic) bond motifs is 1. The first-order valence-electron chi connectivity index (χ1n) is 6.76. The summed E-state index contributed by atoms with van der Waals surface area (Å²) >= 11 is 9.82. The number of imidazole rings is 1. The van der Waals surface area contributed by atoms with E-state index in [4.69, 9.17) is 11.6 Å². The van der Waals surface area contributed by atoms with Crippen LogP contribution in [0.4, 0.5) is 0 Å². The Morgan fingerprint density at radius 3 is 2.76 bits per heavy atom. The Morgan fingerprint density at radius 2 is 2.10 bits per heavy atom. The fourth-order valence-electron chi connectivity index (χ4n) is 2.36. The molecule has 3 rings (SSSR count). The Balaban J connectivity index is 2.12. The lowest BCUT2D eigenvalue weighted by molar-refractivity contribution is 0.739. The first-order chi connectivity index (χ1) is 10.0. The predicted octanol–water partition coefficient (Wildman–Crippen LogP) is 4.85. The highest BCUT2D eigenvalue weighted by atomic mass is 79.9. The molecule has 0 fully saturated rings. The van der Waals surface area contributed by atoms with Crippen molar-refractivity contribution in [3.63, 3.8) is 0 Å². The quantitative estimate of drug-likeness (QED) is 0.622. The number of halogens is 2. The van der Waals surface area contributed by atoms with Gasteiger partial charge >= 0.3 is 0 Å². The van der Waals surface area contributed by atoms with Crippen LogP contribution in [0.1, 0.15) is 29.4 Å². The Kier molecular flexibility index (Phi) is 4.00. The Morgan fingerprint density at radius 1 is 1.29 bits per heavy atom. The molecular formula is C16H15BrClN3. The van der Waals surface area contributed by atoms with E-state index in [1.807, 2.05) is 38.2 Å². The molecule has 0 radical (unpaired) electrons. The first kappa shape index (κ1) is 14.5. The van der Waals surface area contributed by atoms with E-state index < -0.39 is 0 Å². The molecule has 3 nitrogen and oxygen atoms in total. The lowest BCUT2D eigenvalue weighted by Crippen LogP contribution is -2.06. The van der Waals surface area contributed by atoms with Gasteiger partial charge in [0.2, 0.25) is 0 Å². The van der Waals surface area contributed by atoms with Crippen LogP contribution in [0.15, 0.2) is 41.0 Å². The van der Waals surface area contributed by atoms with Crippen LogP contribution < -0.4 is 0 Å². The fraction of sp³-hybridized carbons (Fsp3) is 0.250. The first-order valence-corrected chi connectivity index (χ1v) is 7.99. The van der Waals surface area contributed by atoms with Gasteiger partial charge in [-0.05, 0) is 43.7 Å². The number of pyridine rings is 1. The normalized spacial score (nSPS) is 12.8. The molecular weight excluding hydrogens is 350 g/mol. The minimum atomic E-state index is -0.144. The summed E-state index contributed by atoms with van der Waals surface area (Å²) in [6.07, 6.45) is 1.90. The highest BCUT2D eigenvalue weighted by molar-refractivity contribution is 9.10. The Hall–Kier alpha value is -1.39. The van der Waals surface area contributed by atoms with E-state index in [-0.39, 0.29) is 5.38 Å². The van der Waals surface area contributed by atoms with Gasteiger partial charge in [0.15, 0.2) is 0 Å². The SMILES string of the molecule is Cc1ccc(Cn2c(C(C)Cl)nc3ccc(Br)cc32)cn1. The second kappa shape index (κ2) is 5.78. The monoisotopic (exact) mass is 363 g/mol. The van der Waals surface area contributed by atoms with Crippen molar-refractivity contribution in [3.05, 3.63) is 58.1 Å². The maximum absolute atomic E-state index is 6.30. The summed E-state index contributed by atoms with van der Waals surface area (Å²) in [4.78, 5) is 9.01. The van der Waals surface area contributed by atoms with Crippen LogP contribution in [0.5, 0.6) is 0 Å². The number of nitrogens with zero attached hydrogens (tertiary/aromatic N) is 3. The third-order valence-corrected chi connectivity index (χ3v) is 4.10. The van der Waals surface area contributed by atoms with Crippen LogP contribution in [-0.2, 0) is 6.54 Å². The highest BCUT2D eigenvalue weighted by Crippen LogP contribution is 2.27. The summed E-state index contributed by atoms with van der Waals surface area (Å²) in [5.74, 6) is 0.880. The molecule has 3 aromatic rings. The van der Waals surface area contributed by atoms with Crippen LogP contribution in [0.25, 0.3) is 11.0 Å². The molecule has 1 atom stereocenters. The van der Waals surface area contributed by atoms with Gasteiger partial charge in [-0.2, -0.15) is 0 Å². The maximum Gasteiger partial charge on any atom is 0.128 e. The molecule has 2 aromatic heterocycles. The van der Waals surface area contributed by atoms with E-state index in [1.165, 1.54) is 0 Å². The van der Waals surface area contributed by atoms with Crippen molar-refractivity contribution in [2.75, 3.05) is 0 Å². The van der Waals surface area contributed by atoms with Crippen molar-refractivity contribution in [1.82, 2.24) is 14.5 Å². The zero-order valence-electron chi connectivity index (χ0n) is 11.8. The summed E-state index contributed by atoms with van der Waals surface area (Å²) in [5, 5.41) is -0.144. The molecule has 0 saturated carbocycles. The molecule has 0 N–H and O–H groups in total. The molecule has 2 heterocycles. The van der Waals surface area contributed by atoms with Crippen molar-refractivity contribution >= 4 is 38.6 Å². The van der Waals surface area contributed by atoms with E-state index in [0.29, 0.717) is 6.54 Å². The number of rotatable bonds is 3. The second-order valence-electron chi connectivity index (χ2n) is 5.11. The molecule has 0 aliphatic heterocycles. The van der Waals surface area contributed by atoms with Crippen LogP contribution in [0, 0.1) is 6.92 Å². The molecule has 108 valence electrons. The van der Waals surface area contributed by atoms with Gasteiger partial charge in [-0.1, -0.05) is 22.0 Å². The van der Waals surface area contributed by atoms with Gasteiger partial charge in [0.05, 0.1) is 23.0 Å². The number of aromatic nitrogens is 3. The summed E-state index contributed by atoms with van der Waals surface area (Å²) < 4.78 is 3.19.